The summed E-state index contributed by atoms with van der Waals surface area (Å²) in [5, 5.41) is 13.4. The van der Waals surface area contributed by atoms with Gasteiger partial charge in [0.2, 0.25) is 0 Å². The van der Waals surface area contributed by atoms with E-state index in [0.717, 1.165) is 16.5 Å². The van der Waals surface area contributed by atoms with E-state index in [1.165, 1.54) is 0 Å². The summed E-state index contributed by atoms with van der Waals surface area (Å²) in [5.41, 5.74) is 2.66. The largest absolute Gasteiger partial charge is 0.383 e. The number of nitrogens with one attached hydrogen (secondary N) is 1. The average Bonchev–Trinajstić information content (AvgIpc) is 2.79. The Bertz CT molecular complexity index is 896. The lowest BCUT2D eigenvalue weighted by molar-refractivity contribution is 0.600. The van der Waals surface area contributed by atoms with Gasteiger partial charge in [-0.1, -0.05) is 13.8 Å². The normalized spacial score (nSPS) is 15.7. The summed E-state index contributed by atoms with van der Waals surface area (Å²) in [6, 6.07) is 5.50. The molecular formula is C16H17N3O2S. The lowest BCUT2D eigenvalue weighted by Crippen LogP contribution is -2.10. The highest BCUT2D eigenvalue weighted by Gasteiger charge is 2.29. The molecule has 0 unspecified atom stereocenters. The highest BCUT2D eigenvalue weighted by molar-refractivity contribution is 7.91. The van der Waals surface area contributed by atoms with Crippen molar-refractivity contribution in [2.75, 3.05) is 17.6 Å². The summed E-state index contributed by atoms with van der Waals surface area (Å²) in [6.45, 7) is 4.87. The van der Waals surface area contributed by atoms with Crippen molar-refractivity contribution in [3.8, 4) is 6.07 Å². The number of hydrogen-bond donors (Lipinski definition) is 1. The number of benzene rings is 1. The number of fused-ring (bicyclic) bond motifs is 3. The van der Waals surface area contributed by atoms with Gasteiger partial charge in [-0.3, -0.25) is 4.98 Å². The van der Waals surface area contributed by atoms with Crippen molar-refractivity contribution < 1.29 is 8.42 Å². The number of aryl methyl sites for hydroxylation is 1. The van der Waals surface area contributed by atoms with Crippen LogP contribution in [0.5, 0.6) is 0 Å². The molecule has 0 aliphatic carbocycles. The first-order valence-electron chi connectivity index (χ1n) is 7.25. The van der Waals surface area contributed by atoms with Crippen molar-refractivity contribution in [2.45, 2.75) is 25.2 Å². The molecule has 114 valence electrons. The van der Waals surface area contributed by atoms with E-state index in [2.05, 4.69) is 30.2 Å². The zero-order chi connectivity index (χ0) is 15.9. The van der Waals surface area contributed by atoms with Gasteiger partial charge >= 0.3 is 0 Å². The SMILES string of the molecule is CC(C)CNc1c(C#N)cnc2ccc3c(c12)CCS3(=O)=O. The average molecular weight is 315 g/mol. The molecular weight excluding hydrogens is 298 g/mol. The van der Waals surface area contributed by atoms with E-state index in [9.17, 15) is 13.7 Å². The Morgan fingerprint density at radius 3 is 2.86 bits per heavy atom. The molecule has 0 spiro atoms. The van der Waals surface area contributed by atoms with Crippen LogP contribution in [-0.4, -0.2) is 25.7 Å². The van der Waals surface area contributed by atoms with E-state index in [0.29, 0.717) is 35.0 Å². The van der Waals surface area contributed by atoms with Crippen molar-refractivity contribution in [1.82, 2.24) is 4.98 Å². The monoisotopic (exact) mass is 315 g/mol. The Morgan fingerprint density at radius 1 is 1.41 bits per heavy atom. The number of hydrogen-bond acceptors (Lipinski definition) is 5. The molecule has 1 aliphatic heterocycles. The smallest absolute Gasteiger partial charge is 0.179 e. The van der Waals surface area contributed by atoms with E-state index in [1.54, 1.807) is 18.3 Å². The standard InChI is InChI=1S/C16H17N3O2S/c1-10(2)8-19-16-11(7-17)9-18-13-3-4-14-12(15(13)16)5-6-22(14,20)21/h3-4,9-10H,5-6,8H2,1-2H3,(H,18,19). The molecule has 3 rings (SSSR count). The molecule has 2 aromatic rings. The van der Waals surface area contributed by atoms with Crippen molar-refractivity contribution >= 4 is 26.4 Å². The number of anilines is 1. The fourth-order valence-electron chi connectivity index (χ4n) is 2.80. The predicted molar refractivity (Wildman–Crippen MR) is 85.5 cm³/mol. The molecule has 0 radical (unpaired) electrons. The minimum absolute atomic E-state index is 0.127. The molecule has 0 saturated heterocycles. The highest BCUT2D eigenvalue weighted by Crippen LogP contribution is 2.37. The van der Waals surface area contributed by atoms with Gasteiger partial charge < -0.3 is 5.32 Å². The second kappa shape index (κ2) is 5.25. The Labute approximate surface area is 129 Å². The van der Waals surface area contributed by atoms with Crippen LogP contribution in [0, 0.1) is 17.2 Å². The third kappa shape index (κ3) is 2.32. The third-order valence-corrected chi connectivity index (χ3v) is 5.66. The van der Waals surface area contributed by atoms with Crippen LogP contribution in [0.15, 0.2) is 23.2 Å². The van der Waals surface area contributed by atoms with Crippen LogP contribution in [-0.2, 0) is 16.3 Å². The number of pyridine rings is 1. The van der Waals surface area contributed by atoms with Gasteiger partial charge in [0.05, 0.1) is 27.4 Å². The van der Waals surface area contributed by atoms with E-state index < -0.39 is 9.84 Å². The predicted octanol–water partition coefficient (Wildman–Crippen LogP) is 2.50. The molecule has 0 saturated carbocycles. The van der Waals surface area contributed by atoms with Crippen LogP contribution in [0.2, 0.25) is 0 Å². The van der Waals surface area contributed by atoms with Crippen LogP contribution < -0.4 is 5.32 Å². The van der Waals surface area contributed by atoms with Crippen LogP contribution in [0.4, 0.5) is 5.69 Å². The molecule has 22 heavy (non-hydrogen) atoms. The van der Waals surface area contributed by atoms with Crippen LogP contribution in [0.1, 0.15) is 25.0 Å². The van der Waals surface area contributed by atoms with E-state index in [-0.39, 0.29) is 5.75 Å². The van der Waals surface area contributed by atoms with Crippen molar-refractivity contribution in [1.29, 1.82) is 5.26 Å². The molecule has 0 fully saturated rings. The zero-order valence-corrected chi connectivity index (χ0v) is 13.4. The van der Waals surface area contributed by atoms with Gasteiger partial charge in [0.15, 0.2) is 9.84 Å². The summed E-state index contributed by atoms with van der Waals surface area (Å²) >= 11 is 0. The van der Waals surface area contributed by atoms with Gasteiger partial charge in [-0.15, -0.1) is 0 Å². The minimum Gasteiger partial charge on any atom is -0.383 e. The Hall–Kier alpha value is -2.13. The molecule has 1 aliphatic rings. The van der Waals surface area contributed by atoms with Crippen molar-refractivity contribution in [2.24, 2.45) is 5.92 Å². The first-order valence-corrected chi connectivity index (χ1v) is 8.90. The second-order valence-corrected chi connectivity index (χ2v) is 8.02. The second-order valence-electron chi connectivity index (χ2n) is 5.94. The van der Waals surface area contributed by atoms with Gasteiger partial charge in [0.25, 0.3) is 0 Å². The minimum atomic E-state index is -3.20. The third-order valence-electron chi connectivity index (χ3n) is 3.86. The molecule has 1 N–H and O–H groups in total. The number of nitriles is 1. The summed E-state index contributed by atoms with van der Waals surface area (Å²) < 4.78 is 24.2. The summed E-state index contributed by atoms with van der Waals surface area (Å²) in [4.78, 5) is 4.69. The molecule has 6 heteroatoms. The number of nitrogens with zero attached hydrogens (tertiary/aromatic N) is 2. The van der Waals surface area contributed by atoms with Crippen LogP contribution in [0.3, 0.4) is 0 Å². The summed E-state index contributed by atoms with van der Waals surface area (Å²) in [7, 11) is -3.20. The first kappa shape index (κ1) is 14.8. The molecule has 2 heterocycles. The van der Waals surface area contributed by atoms with Gasteiger partial charge in [0, 0.05) is 18.1 Å². The Morgan fingerprint density at radius 2 is 2.18 bits per heavy atom. The van der Waals surface area contributed by atoms with E-state index >= 15 is 0 Å². The van der Waals surface area contributed by atoms with Gasteiger partial charge in [-0.25, -0.2) is 8.42 Å². The van der Waals surface area contributed by atoms with Crippen molar-refractivity contribution in [3.05, 3.63) is 29.5 Å². The van der Waals surface area contributed by atoms with Crippen molar-refractivity contribution in [3.63, 3.8) is 0 Å². The molecule has 1 aromatic heterocycles. The highest BCUT2D eigenvalue weighted by atomic mass is 32.2. The number of sulfone groups is 1. The summed E-state index contributed by atoms with van der Waals surface area (Å²) in [5.74, 6) is 0.539. The lowest BCUT2D eigenvalue weighted by Gasteiger charge is -2.15. The first-order chi connectivity index (χ1) is 10.4. The molecule has 1 aromatic carbocycles. The maximum atomic E-state index is 12.1. The van der Waals surface area contributed by atoms with Crippen LogP contribution in [0.25, 0.3) is 10.9 Å². The molecule has 5 nitrogen and oxygen atoms in total. The van der Waals surface area contributed by atoms with Gasteiger partial charge in [-0.2, -0.15) is 5.26 Å². The van der Waals surface area contributed by atoms with E-state index in [1.807, 2.05) is 0 Å². The van der Waals surface area contributed by atoms with Gasteiger partial charge in [-0.05, 0) is 30.0 Å². The molecule has 0 amide bonds. The fraction of sp³-hybridized carbons (Fsp3) is 0.375. The van der Waals surface area contributed by atoms with Gasteiger partial charge in [0.1, 0.15) is 6.07 Å². The summed E-state index contributed by atoms with van der Waals surface area (Å²) in [6.07, 6.45) is 2.02. The van der Waals surface area contributed by atoms with Crippen LogP contribution >= 0.6 is 0 Å². The molecule has 0 atom stereocenters. The topological polar surface area (TPSA) is 82.8 Å². The number of aromatic nitrogens is 1. The van der Waals surface area contributed by atoms with E-state index in [4.69, 9.17) is 0 Å². The lowest BCUT2D eigenvalue weighted by atomic mass is 10.0. The quantitative estimate of drug-likeness (QED) is 0.941. The fourth-order valence-corrected chi connectivity index (χ4v) is 4.34. The zero-order valence-electron chi connectivity index (χ0n) is 12.5. The molecule has 0 bridgehead atoms. The maximum Gasteiger partial charge on any atom is 0.179 e. The Balaban J connectivity index is 2.31. The maximum absolute atomic E-state index is 12.1. The number of rotatable bonds is 3. The Kier molecular flexibility index (Phi) is 3.53.